The zero-order chi connectivity index (χ0) is 16.9. The summed E-state index contributed by atoms with van der Waals surface area (Å²) >= 11 is 7.12. The Hall–Kier alpha value is -1.86. The van der Waals surface area contributed by atoms with E-state index in [9.17, 15) is 9.18 Å². The Morgan fingerprint density at radius 3 is 2.75 bits per heavy atom. The van der Waals surface area contributed by atoms with Gasteiger partial charge in [0.2, 0.25) is 5.91 Å². The average Bonchev–Trinajstić information content (AvgIpc) is 3.05. The number of carbonyl (C=O) groups is 1. The number of hydrogen-bond acceptors (Lipinski definition) is 5. The maximum atomic E-state index is 12.9. The van der Waals surface area contributed by atoms with Crippen molar-refractivity contribution in [2.24, 2.45) is 0 Å². The molecule has 8 heteroatoms. The SMILES string of the molecule is O=C(CSc1ccc(F)cc1)N1CC[C@@H](Oc2ncc(Cl)cn2)C1. The summed E-state index contributed by atoms with van der Waals surface area (Å²) < 4.78 is 18.5. The van der Waals surface area contributed by atoms with Crippen LogP contribution in [0.3, 0.4) is 0 Å². The molecule has 1 atom stereocenters. The highest BCUT2D eigenvalue weighted by Crippen LogP contribution is 2.21. The van der Waals surface area contributed by atoms with E-state index in [0.29, 0.717) is 23.9 Å². The molecule has 0 spiro atoms. The van der Waals surface area contributed by atoms with Gasteiger partial charge in [0.15, 0.2) is 0 Å². The first-order chi connectivity index (χ1) is 11.6. The Kier molecular flexibility index (Phi) is 5.52. The van der Waals surface area contributed by atoms with Crippen molar-refractivity contribution in [3.63, 3.8) is 0 Å². The quantitative estimate of drug-likeness (QED) is 0.760. The van der Waals surface area contributed by atoms with Crippen molar-refractivity contribution < 1.29 is 13.9 Å². The molecule has 1 aromatic carbocycles. The molecule has 2 heterocycles. The normalized spacial score (nSPS) is 17.1. The van der Waals surface area contributed by atoms with Crippen LogP contribution < -0.4 is 4.74 Å². The lowest BCUT2D eigenvalue weighted by Crippen LogP contribution is -2.32. The minimum atomic E-state index is -0.283. The van der Waals surface area contributed by atoms with Gasteiger partial charge in [0.25, 0.3) is 0 Å². The third-order valence-corrected chi connectivity index (χ3v) is 4.73. The third kappa shape index (κ3) is 4.58. The van der Waals surface area contributed by atoms with Gasteiger partial charge in [-0.1, -0.05) is 11.6 Å². The van der Waals surface area contributed by atoms with E-state index < -0.39 is 0 Å². The number of carbonyl (C=O) groups excluding carboxylic acids is 1. The maximum absolute atomic E-state index is 12.9. The van der Waals surface area contributed by atoms with Crippen LogP contribution in [-0.4, -0.2) is 45.7 Å². The van der Waals surface area contributed by atoms with E-state index in [1.54, 1.807) is 17.0 Å². The number of halogens is 2. The van der Waals surface area contributed by atoms with E-state index in [1.165, 1.54) is 36.3 Å². The molecular formula is C16H15ClFN3O2S. The molecule has 0 saturated carbocycles. The number of amides is 1. The van der Waals surface area contributed by atoms with Gasteiger partial charge in [0.05, 0.1) is 29.7 Å². The van der Waals surface area contributed by atoms with Crippen LogP contribution in [0.5, 0.6) is 6.01 Å². The van der Waals surface area contributed by atoms with Gasteiger partial charge in [-0.05, 0) is 24.3 Å². The smallest absolute Gasteiger partial charge is 0.316 e. The fourth-order valence-electron chi connectivity index (χ4n) is 2.33. The maximum Gasteiger partial charge on any atom is 0.316 e. The molecule has 1 aliphatic rings. The van der Waals surface area contributed by atoms with Gasteiger partial charge < -0.3 is 9.64 Å². The molecule has 1 fully saturated rings. The fourth-order valence-corrected chi connectivity index (χ4v) is 3.23. The largest absolute Gasteiger partial charge is 0.458 e. The monoisotopic (exact) mass is 367 g/mol. The van der Waals surface area contributed by atoms with Crippen molar-refractivity contribution >= 4 is 29.3 Å². The van der Waals surface area contributed by atoms with Crippen molar-refractivity contribution in [1.82, 2.24) is 14.9 Å². The summed E-state index contributed by atoms with van der Waals surface area (Å²) in [6.45, 7) is 1.15. The van der Waals surface area contributed by atoms with Crippen molar-refractivity contribution in [3.8, 4) is 6.01 Å². The average molecular weight is 368 g/mol. The summed E-state index contributed by atoms with van der Waals surface area (Å²) in [5.41, 5.74) is 0. The predicted octanol–water partition coefficient (Wildman–Crippen LogP) is 3.04. The molecule has 3 rings (SSSR count). The first-order valence-electron chi connectivity index (χ1n) is 7.40. The Bertz CT molecular complexity index is 699. The number of benzene rings is 1. The Morgan fingerprint density at radius 1 is 1.33 bits per heavy atom. The van der Waals surface area contributed by atoms with Crippen molar-refractivity contribution in [2.75, 3.05) is 18.8 Å². The summed E-state index contributed by atoms with van der Waals surface area (Å²) in [5, 5.41) is 0.448. The molecule has 0 bridgehead atoms. The van der Waals surface area contributed by atoms with Gasteiger partial charge in [-0.25, -0.2) is 14.4 Å². The number of hydrogen-bond donors (Lipinski definition) is 0. The van der Waals surface area contributed by atoms with Crippen molar-refractivity contribution in [2.45, 2.75) is 17.4 Å². The van der Waals surface area contributed by atoms with Crippen LogP contribution in [0.15, 0.2) is 41.6 Å². The van der Waals surface area contributed by atoms with Crippen LogP contribution in [0.1, 0.15) is 6.42 Å². The highest BCUT2D eigenvalue weighted by Gasteiger charge is 2.28. The molecule has 0 N–H and O–H groups in total. The first kappa shape index (κ1) is 17.0. The van der Waals surface area contributed by atoms with E-state index >= 15 is 0 Å². The van der Waals surface area contributed by atoms with Crippen molar-refractivity contribution in [3.05, 3.63) is 47.5 Å². The molecule has 1 aromatic heterocycles. The van der Waals surface area contributed by atoms with Crippen LogP contribution in [0, 0.1) is 5.82 Å². The van der Waals surface area contributed by atoms with Gasteiger partial charge in [-0.15, -0.1) is 11.8 Å². The summed E-state index contributed by atoms with van der Waals surface area (Å²) in [5.74, 6) is 0.0672. The second-order valence-corrected chi connectivity index (χ2v) is 6.78. The van der Waals surface area contributed by atoms with Crippen LogP contribution in [0.4, 0.5) is 4.39 Å². The van der Waals surface area contributed by atoms with Gasteiger partial charge >= 0.3 is 6.01 Å². The van der Waals surface area contributed by atoms with Crippen LogP contribution >= 0.6 is 23.4 Å². The second kappa shape index (κ2) is 7.81. The lowest BCUT2D eigenvalue weighted by Gasteiger charge is -2.16. The highest BCUT2D eigenvalue weighted by molar-refractivity contribution is 8.00. The second-order valence-electron chi connectivity index (χ2n) is 5.29. The fraction of sp³-hybridized carbons (Fsp3) is 0.312. The zero-order valence-corrected chi connectivity index (χ0v) is 14.3. The molecule has 0 aliphatic carbocycles. The van der Waals surface area contributed by atoms with E-state index in [2.05, 4.69) is 9.97 Å². The van der Waals surface area contributed by atoms with Gasteiger partial charge in [0, 0.05) is 17.9 Å². The molecule has 126 valence electrons. The van der Waals surface area contributed by atoms with Crippen LogP contribution in [0.25, 0.3) is 0 Å². The standard InChI is InChI=1S/C16H15ClFN3O2S/c17-11-7-19-16(20-8-11)23-13-5-6-21(9-13)15(22)10-24-14-3-1-12(18)2-4-14/h1-4,7-8,13H,5-6,9-10H2/t13-/m1/s1. The number of aromatic nitrogens is 2. The van der Waals surface area contributed by atoms with Crippen LogP contribution in [-0.2, 0) is 4.79 Å². The summed E-state index contributed by atoms with van der Waals surface area (Å²) in [6, 6.07) is 6.37. The first-order valence-corrected chi connectivity index (χ1v) is 8.77. The number of likely N-dealkylation sites (tertiary alicyclic amines) is 1. The minimum Gasteiger partial charge on any atom is -0.458 e. The molecule has 1 aliphatic heterocycles. The van der Waals surface area contributed by atoms with Gasteiger partial charge in [-0.2, -0.15) is 0 Å². The third-order valence-electron chi connectivity index (χ3n) is 3.54. The molecule has 1 saturated heterocycles. The number of ether oxygens (including phenoxy) is 1. The van der Waals surface area contributed by atoms with E-state index in [0.717, 1.165) is 11.3 Å². The van der Waals surface area contributed by atoms with E-state index in [-0.39, 0.29) is 23.8 Å². The summed E-state index contributed by atoms with van der Waals surface area (Å²) in [7, 11) is 0. The van der Waals surface area contributed by atoms with E-state index in [1.807, 2.05) is 0 Å². The molecule has 2 aromatic rings. The van der Waals surface area contributed by atoms with E-state index in [4.69, 9.17) is 16.3 Å². The molecule has 5 nitrogen and oxygen atoms in total. The molecule has 24 heavy (non-hydrogen) atoms. The molecule has 0 unspecified atom stereocenters. The Labute approximate surface area is 148 Å². The number of nitrogens with zero attached hydrogens (tertiary/aromatic N) is 3. The predicted molar refractivity (Wildman–Crippen MR) is 89.8 cm³/mol. The number of rotatable bonds is 5. The topological polar surface area (TPSA) is 55.3 Å². The highest BCUT2D eigenvalue weighted by atomic mass is 35.5. The zero-order valence-electron chi connectivity index (χ0n) is 12.7. The Balaban J connectivity index is 1.46. The minimum absolute atomic E-state index is 0.0347. The van der Waals surface area contributed by atoms with Gasteiger partial charge in [-0.3, -0.25) is 4.79 Å². The summed E-state index contributed by atoms with van der Waals surface area (Å²) in [6.07, 6.45) is 3.56. The number of thioether (sulfide) groups is 1. The molecule has 0 radical (unpaired) electrons. The van der Waals surface area contributed by atoms with Gasteiger partial charge in [0.1, 0.15) is 11.9 Å². The Morgan fingerprint density at radius 2 is 2.04 bits per heavy atom. The lowest BCUT2D eigenvalue weighted by atomic mass is 10.3. The molecule has 1 amide bonds. The van der Waals surface area contributed by atoms with Crippen molar-refractivity contribution in [1.29, 1.82) is 0 Å². The summed E-state index contributed by atoms with van der Waals surface area (Å²) in [4.78, 5) is 22.9. The van der Waals surface area contributed by atoms with Crippen LogP contribution in [0.2, 0.25) is 5.02 Å². The lowest BCUT2D eigenvalue weighted by molar-refractivity contribution is -0.127. The molecular weight excluding hydrogens is 353 g/mol.